The van der Waals surface area contributed by atoms with E-state index in [9.17, 15) is 5.02 Å². The van der Waals surface area contributed by atoms with Crippen LogP contribution >= 0.6 is 0 Å². The second kappa shape index (κ2) is 5.62. The molecule has 1 unspecified atom stereocenters. The summed E-state index contributed by atoms with van der Waals surface area (Å²) in [5, 5.41) is 9.52. The molecule has 1 fully saturated rings. The third kappa shape index (κ3) is 3.06. The van der Waals surface area contributed by atoms with Crippen LogP contribution in [0.25, 0.3) is 0 Å². The van der Waals surface area contributed by atoms with Crippen LogP contribution in [0.3, 0.4) is 0 Å². The van der Waals surface area contributed by atoms with Gasteiger partial charge in [-0.1, -0.05) is 6.07 Å². The van der Waals surface area contributed by atoms with E-state index >= 15 is 0 Å². The van der Waals surface area contributed by atoms with Crippen LogP contribution in [0, 0.1) is 0 Å². The van der Waals surface area contributed by atoms with Gasteiger partial charge in [0.25, 0.3) is 0 Å². The normalized spacial score (nSPS) is 20.2. The molecule has 2 heterocycles. The van der Waals surface area contributed by atoms with Gasteiger partial charge in [0.1, 0.15) is 0 Å². The van der Waals surface area contributed by atoms with Gasteiger partial charge < -0.3 is 9.83 Å². The summed E-state index contributed by atoms with van der Waals surface area (Å²) < 4.78 is 0. The van der Waals surface area contributed by atoms with Gasteiger partial charge in [-0.25, -0.2) is 0 Å². The molecular formula is C12H20BN3O. The first kappa shape index (κ1) is 12.5. The Balaban J connectivity index is 1.93. The van der Waals surface area contributed by atoms with Gasteiger partial charge in [-0.2, -0.15) is 0 Å². The minimum absolute atomic E-state index is 0.328. The van der Waals surface area contributed by atoms with Crippen molar-refractivity contribution < 1.29 is 5.02 Å². The lowest BCUT2D eigenvalue weighted by Crippen LogP contribution is -2.51. The highest BCUT2D eigenvalue weighted by molar-refractivity contribution is 6.45. The summed E-state index contributed by atoms with van der Waals surface area (Å²) in [6, 6.07) is 4.51. The van der Waals surface area contributed by atoms with E-state index in [0.29, 0.717) is 6.04 Å². The molecule has 1 aromatic heterocycles. The molecule has 17 heavy (non-hydrogen) atoms. The Morgan fingerprint density at radius 1 is 1.35 bits per heavy atom. The average molecular weight is 233 g/mol. The fourth-order valence-corrected chi connectivity index (χ4v) is 2.33. The first-order valence-electron chi connectivity index (χ1n) is 6.24. The monoisotopic (exact) mass is 233 g/mol. The van der Waals surface area contributed by atoms with Crippen molar-refractivity contribution in [2.24, 2.45) is 0 Å². The predicted molar refractivity (Wildman–Crippen MR) is 69.6 cm³/mol. The molecular weight excluding hydrogens is 213 g/mol. The fraction of sp³-hybridized carbons (Fsp3) is 0.583. The Bertz CT molecular complexity index is 339. The van der Waals surface area contributed by atoms with Crippen LogP contribution in [0.15, 0.2) is 24.5 Å². The minimum Gasteiger partial charge on any atom is -0.437 e. The van der Waals surface area contributed by atoms with E-state index in [1.165, 1.54) is 5.56 Å². The second-order valence-corrected chi connectivity index (χ2v) is 4.67. The molecule has 0 spiro atoms. The van der Waals surface area contributed by atoms with Gasteiger partial charge in [-0.05, 0) is 25.4 Å². The molecule has 1 aliphatic rings. The summed E-state index contributed by atoms with van der Waals surface area (Å²) in [6.07, 6.45) is 3.74. The maximum absolute atomic E-state index is 9.52. The number of pyridine rings is 1. The number of rotatable bonds is 3. The van der Waals surface area contributed by atoms with Crippen molar-refractivity contribution >= 4 is 7.05 Å². The van der Waals surface area contributed by atoms with Crippen molar-refractivity contribution in [2.75, 3.05) is 26.2 Å². The van der Waals surface area contributed by atoms with Gasteiger partial charge in [0.2, 0.25) is 0 Å². The standard InChI is InChI=1S/C12H20BN3O/c1-11(12-4-3-5-14-10-12)15-6-8-16(9-7-15)13(2)17/h3-5,10-11,17H,6-9H2,1-2H3. The van der Waals surface area contributed by atoms with Crippen molar-refractivity contribution in [2.45, 2.75) is 19.8 Å². The molecule has 0 aliphatic carbocycles. The minimum atomic E-state index is -0.328. The number of piperazine rings is 1. The zero-order valence-corrected chi connectivity index (χ0v) is 10.6. The molecule has 1 N–H and O–H groups in total. The van der Waals surface area contributed by atoms with E-state index in [-0.39, 0.29) is 7.05 Å². The molecule has 4 nitrogen and oxygen atoms in total. The Kier molecular flexibility index (Phi) is 4.15. The third-order valence-electron chi connectivity index (χ3n) is 3.59. The summed E-state index contributed by atoms with van der Waals surface area (Å²) in [6.45, 7) is 7.92. The van der Waals surface area contributed by atoms with Crippen LogP contribution in [-0.4, -0.2) is 52.9 Å². The van der Waals surface area contributed by atoms with Crippen LogP contribution in [0.4, 0.5) is 0 Å². The van der Waals surface area contributed by atoms with Gasteiger partial charge in [-0.15, -0.1) is 0 Å². The summed E-state index contributed by atoms with van der Waals surface area (Å²) in [4.78, 5) is 8.71. The topological polar surface area (TPSA) is 39.6 Å². The van der Waals surface area contributed by atoms with Crippen LogP contribution < -0.4 is 0 Å². The molecule has 5 heteroatoms. The van der Waals surface area contributed by atoms with Crippen molar-refractivity contribution in [3.8, 4) is 0 Å². The van der Waals surface area contributed by atoms with Crippen LogP contribution in [0.5, 0.6) is 0 Å². The van der Waals surface area contributed by atoms with E-state index in [1.54, 1.807) is 0 Å². The molecule has 0 saturated carbocycles. The Morgan fingerprint density at radius 3 is 2.59 bits per heavy atom. The summed E-state index contributed by atoms with van der Waals surface area (Å²) in [5.74, 6) is 0. The lowest BCUT2D eigenvalue weighted by atomic mass is 9.84. The van der Waals surface area contributed by atoms with Gasteiger partial charge in [0, 0.05) is 44.6 Å². The molecule has 0 bridgehead atoms. The van der Waals surface area contributed by atoms with Crippen LogP contribution in [-0.2, 0) is 0 Å². The molecule has 0 radical (unpaired) electrons. The van der Waals surface area contributed by atoms with Gasteiger partial charge in [0.15, 0.2) is 0 Å². The molecule has 1 aliphatic heterocycles. The Hall–Kier alpha value is -0.905. The van der Waals surface area contributed by atoms with Crippen molar-refractivity contribution in [1.29, 1.82) is 0 Å². The van der Waals surface area contributed by atoms with E-state index in [1.807, 2.05) is 25.3 Å². The molecule has 1 atom stereocenters. The summed E-state index contributed by atoms with van der Waals surface area (Å²) in [5.41, 5.74) is 1.26. The molecule has 0 amide bonds. The lowest BCUT2D eigenvalue weighted by molar-refractivity contribution is 0.136. The number of nitrogens with zero attached hydrogens (tertiary/aromatic N) is 3. The fourth-order valence-electron chi connectivity index (χ4n) is 2.33. The number of aromatic nitrogens is 1. The third-order valence-corrected chi connectivity index (χ3v) is 3.59. The zero-order valence-electron chi connectivity index (χ0n) is 10.6. The van der Waals surface area contributed by atoms with Gasteiger partial charge >= 0.3 is 7.05 Å². The second-order valence-electron chi connectivity index (χ2n) is 4.67. The van der Waals surface area contributed by atoms with Gasteiger partial charge in [0.05, 0.1) is 0 Å². The molecule has 92 valence electrons. The van der Waals surface area contributed by atoms with E-state index < -0.39 is 0 Å². The first-order chi connectivity index (χ1) is 8.18. The summed E-state index contributed by atoms with van der Waals surface area (Å²) in [7, 11) is -0.328. The number of hydrogen-bond donors (Lipinski definition) is 1. The highest BCUT2D eigenvalue weighted by Crippen LogP contribution is 2.20. The number of hydrogen-bond acceptors (Lipinski definition) is 4. The quantitative estimate of drug-likeness (QED) is 0.786. The maximum atomic E-state index is 9.52. The van der Waals surface area contributed by atoms with Crippen molar-refractivity contribution in [1.82, 2.24) is 14.7 Å². The predicted octanol–water partition coefficient (Wildman–Crippen LogP) is 0.871. The maximum Gasteiger partial charge on any atom is 0.376 e. The largest absolute Gasteiger partial charge is 0.437 e. The Morgan fingerprint density at radius 2 is 2.06 bits per heavy atom. The highest BCUT2D eigenvalue weighted by Gasteiger charge is 2.25. The van der Waals surface area contributed by atoms with Crippen molar-refractivity contribution in [3.63, 3.8) is 0 Å². The van der Waals surface area contributed by atoms with E-state index in [2.05, 4.69) is 27.7 Å². The van der Waals surface area contributed by atoms with Crippen molar-refractivity contribution in [3.05, 3.63) is 30.1 Å². The smallest absolute Gasteiger partial charge is 0.376 e. The Labute approximate surface area is 103 Å². The molecule has 0 aromatic carbocycles. The van der Waals surface area contributed by atoms with Crippen LogP contribution in [0.1, 0.15) is 18.5 Å². The SMILES string of the molecule is CB(O)N1CCN(C(C)c2cccnc2)CC1. The molecule has 2 rings (SSSR count). The highest BCUT2D eigenvalue weighted by atomic mass is 16.2. The molecule has 1 saturated heterocycles. The van der Waals surface area contributed by atoms with E-state index in [4.69, 9.17) is 0 Å². The average Bonchev–Trinajstić information content (AvgIpc) is 2.39. The summed E-state index contributed by atoms with van der Waals surface area (Å²) >= 11 is 0. The first-order valence-corrected chi connectivity index (χ1v) is 6.24. The van der Waals surface area contributed by atoms with Crippen LogP contribution in [0.2, 0.25) is 6.82 Å². The zero-order chi connectivity index (χ0) is 12.3. The van der Waals surface area contributed by atoms with E-state index in [0.717, 1.165) is 26.2 Å². The van der Waals surface area contributed by atoms with Gasteiger partial charge in [-0.3, -0.25) is 9.88 Å². The molecule has 1 aromatic rings. The lowest BCUT2D eigenvalue weighted by Gasteiger charge is -2.38.